The molecule has 0 saturated carbocycles. The van der Waals surface area contributed by atoms with Gasteiger partial charge in [0.15, 0.2) is 0 Å². The molecule has 0 aromatic heterocycles. The van der Waals surface area contributed by atoms with Gasteiger partial charge in [0, 0.05) is 6.54 Å². The lowest BCUT2D eigenvalue weighted by Gasteiger charge is -2.07. The van der Waals surface area contributed by atoms with Gasteiger partial charge >= 0.3 is 0 Å². The fourth-order valence-electron chi connectivity index (χ4n) is 0.381. The highest BCUT2D eigenvalue weighted by Gasteiger charge is 1.94. The maximum Gasteiger partial charge on any atom is 0.113 e. The molecule has 0 unspecified atom stereocenters. The SMILES string of the molecule is CCCN(CCl)N=O. The Morgan fingerprint density at radius 1 is 1.75 bits per heavy atom. The fourth-order valence-corrected chi connectivity index (χ4v) is 0.544. The zero-order valence-corrected chi connectivity index (χ0v) is 5.56. The van der Waals surface area contributed by atoms with Gasteiger partial charge in [0.25, 0.3) is 0 Å². The first-order chi connectivity index (χ1) is 3.85. The number of alkyl halides is 1. The van der Waals surface area contributed by atoms with Crippen LogP contribution >= 0.6 is 11.6 Å². The summed E-state index contributed by atoms with van der Waals surface area (Å²) >= 11 is 5.28. The van der Waals surface area contributed by atoms with Gasteiger partial charge in [-0.3, -0.25) is 0 Å². The monoisotopic (exact) mass is 136 g/mol. The molecule has 0 saturated heterocycles. The van der Waals surface area contributed by atoms with Crippen molar-refractivity contribution in [3.05, 3.63) is 4.91 Å². The van der Waals surface area contributed by atoms with Crippen molar-refractivity contribution in [1.82, 2.24) is 5.01 Å². The summed E-state index contributed by atoms with van der Waals surface area (Å²) < 4.78 is 0. The second kappa shape index (κ2) is 4.84. The van der Waals surface area contributed by atoms with Crippen LogP contribution in [0.1, 0.15) is 13.3 Å². The van der Waals surface area contributed by atoms with E-state index in [2.05, 4.69) is 5.29 Å². The molecule has 0 aromatic carbocycles. The highest BCUT2D eigenvalue weighted by Crippen LogP contribution is 1.92. The van der Waals surface area contributed by atoms with E-state index in [4.69, 9.17) is 11.6 Å². The predicted molar refractivity (Wildman–Crippen MR) is 33.5 cm³/mol. The first kappa shape index (κ1) is 7.69. The van der Waals surface area contributed by atoms with E-state index >= 15 is 0 Å². The van der Waals surface area contributed by atoms with E-state index in [0.29, 0.717) is 6.54 Å². The number of rotatable bonds is 4. The zero-order chi connectivity index (χ0) is 6.41. The largest absolute Gasteiger partial charge is 0.246 e. The molecular formula is C4H9ClN2O. The predicted octanol–water partition coefficient (Wildman–Crippen LogP) is 1.58. The Kier molecular flexibility index (Phi) is 4.65. The lowest BCUT2D eigenvalue weighted by Crippen LogP contribution is -2.14. The molecule has 0 bridgehead atoms. The maximum absolute atomic E-state index is 9.72. The van der Waals surface area contributed by atoms with E-state index in [-0.39, 0.29) is 6.00 Å². The number of hydrogen-bond acceptors (Lipinski definition) is 2. The van der Waals surface area contributed by atoms with Crippen LogP contribution in [0.3, 0.4) is 0 Å². The molecule has 0 N–H and O–H groups in total. The van der Waals surface area contributed by atoms with E-state index in [1.54, 1.807) is 0 Å². The van der Waals surface area contributed by atoms with Crippen molar-refractivity contribution in [3.63, 3.8) is 0 Å². The Balaban J connectivity index is 3.21. The molecule has 0 aliphatic rings. The summed E-state index contributed by atoms with van der Waals surface area (Å²) in [7, 11) is 0. The molecule has 48 valence electrons. The minimum absolute atomic E-state index is 0.192. The summed E-state index contributed by atoms with van der Waals surface area (Å²) in [5, 5.41) is 3.91. The zero-order valence-electron chi connectivity index (χ0n) is 4.80. The van der Waals surface area contributed by atoms with Gasteiger partial charge in [-0.1, -0.05) is 6.92 Å². The Labute approximate surface area is 53.6 Å². The molecule has 8 heavy (non-hydrogen) atoms. The van der Waals surface area contributed by atoms with Crippen LogP contribution in [0, 0.1) is 4.91 Å². The average molecular weight is 137 g/mol. The van der Waals surface area contributed by atoms with E-state index in [0.717, 1.165) is 6.42 Å². The second-order valence-corrected chi connectivity index (χ2v) is 1.67. The number of nitroso groups, excluding NO2 is 1. The highest BCUT2D eigenvalue weighted by molar-refractivity contribution is 6.17. The molecule has 0 radical (unpaired) electrons. The van der Waals surface area contributed by atoms with Gasteiger partial charge in [-0.05, 0) is 6.42 Å². The van der Waals surface area contributed by atoms with Gasteiger partial charge in [0.2, 0.25) is 0 Å². The third-order valence-corrected chi connectivity index (χ3v) is 1.01. The van der Waals surface area contributed by atoms with Gasteiger partial charge in [-0.2, -0.15) is 0 Å². The van der Waals surface area contributed by atoms with Crippen LogP contribution in [0.25, 0.3) is 0 Å². The van der Waals surface area contributed by atoms with Crippen LogP contribution in [0.5, 0.6) is 0 Å². The van der Waals surface area contributed by atoms with Crippen molar-refractivity contribution in [3.8, 4) is 0 Å². The summed E-state index contributed by atoms with van der Waals surface area (Å²) in [6, 6.07) is 0.192. The number of nitrogens with zero attached hydrogens (tertiary/aromatic N) is 2. The minimum Gasteiger partial charge on any atom is -0.246 e. The van der Waals surface area contributed by atoms with Crippen LogP contribution in [0.2, 0.25) is 0 Å². The molecule has 4 heteroatoms. The van der Waals surface area contributed by atoms with Crippen LogP contribution in [0.4, 0.5) is 0 Å². The van der Waals surface area contributed by atoms with Gasteiger partial charge in [0.1, 0.15) is 6.00 Å². The number of hydrogen-bond donors (Lipinski definition) is 0. The molecule has 3 nitrogen and oxygen atoms in total. The molecule has 0 spiro atoms. The van der Waals surface area contributed by atoms with Crippen LogP contribution < -0.4 is 0 Å². The van der Waals surface area contributed by atoms with Crippen molar-refractivity contribution >= 4 is 11.6 Å². The standard InChI is InChI=1S/C4H9ClN2O/c1-2-3-7(4-5)6-8/h2-4H2,1H3. The van der Waals surface area contributed by atoms with Gasteiger partial charge in [0.05, 0.1) is 5.29 Å². The van der Waals surface area contributed by atoms with Crippen molar-refractivity contribution in [2.24, 2.45) is 5.29 Å². The quantitative estimate of drug-likeness (QED) is 0.254. The molecule has 0 aliphatic heterocycles. The molecule has 0 aliphatic carbocycles. The molecule has 0 amide bonds. The first-order valence-corrected chi connectivity index (χ1v) is 3.02. The Morgan fingerprint density at radius 3 is 2.50 bits per heavy atom. The molecule has 0 atom stereocenters. The Bertz CT molecular complexity index is 69.1. The van der Waals surface area contributed by atoms with E-state index in [1.807, 2.05) is 6.92 Å². The van der Waals surface area contributed by atoms with Crippen molar-refractivity contribution in [2.75, 3.05) is 12.5 Å². The molecule has 0 heterocycles. The molecule has 0 rings (SSSR count). The number of halogens is 1. The van der Waals surface area contributed by atoms with Gasteiger partial charge in [-0.25, -0.2) is 5.01 Å². The van der Waals surface area contributed by atoms with E-state index in [9.17, 15) is 4.91 Å². The normalized spacial score (nSPS) is 8.75. The maximum atomic E-state index is 9.72. The van der Waals surface area contributed by atoms with Gasteiger partial charge < -0.3 is 0 Å². The van der Waals surface area contributed by atoms with Crippen molar-refractivity contribution in [2.45, 2.75) is 13.3 Å². The van der Waals surface area contributed by atoms with Crippen molar-refractivity contribution < 1.29 is 0 Å². The third-order valence-electron chi connectivity index (χ3n) is 0.735. The van der Waals surface area contributed by atoms with Gasteiger partial charge in [-0.15, -0.1) is 16.5 Å². The van der Waals surface area contributed by atoms with Crippen LogP contribution in [-0.2, 0) is 0 Å². The average Bonchev–Trinajstić information content (AvgIpc) is 1.83. The van der Waals surface area contributed by atoms with Crippen molar-refractivity contribution in [1.29, 1.82) is 0 Å². The summed E-state index contributed by atoms with van der Waals surface area (Å²) in [6.07, 6.45) is 0.901. The molecule has 0 aromatic rings. The Hall–Kier alpha value is -0.310. The second-order valence-electron chi connectivity index (χ2n) is 1.43. The topological polar surface area (TPSA) is 32.7 Å². The lowest BCUT2D eigenvalue weighted by atomic mass is 10.5. The third kappa shape index (κ3) is 2.80. The summed E-state index contributed by atoms with van der Waals surface area (Å²) in [5.41, 5.74) is 0. The van der Waals surface area contributed by atoms with E-state index < -0.39 is 0 Å². The molecular weight excluding hydrogens is 128 g/mol. The highest BCUT2D eigenvalue weighted by atomic mass is 35.5. The van der Waals surface area contributed by atoms with Crippen LogP contribution in [0.15, 0.2) is 5.29 Å². The smallest absolute Gasteiger partial charge is 0.113 e. The lowest BCUT2D eigenvalue weighted by molar-refractivity contribution is 0.332. The summed E-state index contributed by atoms with van der Waals surface area (Å²) in [5.74, 6) is 0. The fraction of sp³-hybridized carbons (Fsp3) is 1.00. The Morgan fingerprint density at radius 2 is 2.38 bits per heavy atom. The summed E-state index contributed by atoms with van der Waals surface area (Å²) in [6.45, 7) is 2.61. The minimum atomic E-state index is 0.192. The van der Waals surface area contributed by atoms with E-state index in [1.165, 1.54) is 5.01 Å². The first-order valence-electron chi connectivity index (χ1n) is 2.49. The molecule has 0 fully saturated rings. The van der Waals surface area contributed by atoms with Crippen LogP contribution in [-0.4, -0.2) is 17.6 Å². The summed E-state index contributed by atoms with van der Waals surface area (Å²) in [4.78, 5) is 9.72.